The van der Waals surface area contributed by atoms with Crippen LogP contribution in [0.2, 0.25) is 0 Å². The van der Waals surface area contributed by atoms with Crippen molar-refractivity contribution in [2.75, 3.05) is 18.0 Å². The molecule has 220 valence electrons. The zero-order valence-electron chi connectivity index (χ0n) is 25.2. The molecule has 0 saturated heterocycles. The van der Waals surface area contributed by atoms with Gasteiger partial charge in [0.1, 0.15) is 18.3 Å². The van der Waals surface area contributed by atoms with E-state index in [-0.39, 0.29) is 17.3 Å². The first kappa shape index (κ1) is 31.7. The summed E-state index contributed by atoms with van der Waals surface area (Å²) in [4.78, 5) is 28.8. The van der Waals surface area contributed by atoms with Crippen molar-refractivity contribution in [1.82, 2.24) is 10.2 Å². The number of benzene rings is 3. The normalized spacial score (nSPS) is 12.4. The van der Waals surface area contributed by atoms with Crippen LogP contribution in [-0.4, -0.2) is 50.4 Å². The minimum absolute atomic E-state index is 0.0781. The molecule has 0 saturated carbocycles. The number of anilines is 1. The third-order valence-electron chi connectivity index (χ3n) is 6.84. The number of ether oxygens (including phenoxy) is 1. The van der Waals surface area contributed by atoms with E-state index >= 15 is 0 Å². The van der Waals surface area contributed by atoms with Gasteiger partial charge in [-0.1, -0.05) is 35.9 Å². The second-order valence-corrected chi connectivity index (χ2v) is 13.2. The van der Waals surface area contributed by atoms with Gasteiger partial charge in [-0.3, -0.25) is 13.9 Å². The monoisotopic (exact) mass is 579 g/mol. The molecule has 0 aliphatic heterocycles. The van der Waals surface area contributed by atoms with E-state index in [0.29, 0.717) is 11.4 Å². The molecular formula is C32H41N3O5S. The Hall–Kier alpha value is -3.85. The number of hydrogen-bond donors (Lipinski definition) is 1. The molecule has 3 aromatic carbocycles. The smallest absolute Gasteiger partial charge is 0.264 e. The quantitative estimate of drug-likeness (QED) is 0.359. The molecule has 1 atom stereocenters. The number of carbonyl (C=O) groups is 2. The average molecular weight is 580 g/mol. The summed E-state index contributed by atoms with van der Waals surface area (Å²) in [5.41, 5.74) is 3.45. The number of sulfonamides is 1. The lowest BCUT2D eigenvalue weighted by Crippen LogP contribution is -2.54. The highest BCUT2D eigenvalue weighted by Gasteiger charge is 2.33. The predicted octanol–water partition coefficient (Wildman–Crippen LogP) is 5.15. The highest BCUT2D eigenvalue weighted by molar-refractivity contribution is 7.92. The number of rotatable bonds is 10. The summed E-state index contributed by atoms with van der Waals surface area (Å²) in [6.45, 7) is 12.6. The molecule has 0 heterocycles. The number of amides is 2. The largest absolute Gasteiger partial charge is 0.497 e. The third-order valence-corrected chi connectivity index (χ3v) is 8.63. The van der Waals surface area contributed by atoms with Gasteiger partial charge in [0.2, 0.25) is 11.8 Å². The number of nitrogens with zero attached hydrogens (tertiary/aromatic N) is 2. The van der Waals surface area contributed by atoms with E-state index < -0.39 is 34.1 Å². The fourth-order valence-corrected chi connectivity index (χ4v) is 5.64. The maximum Gasteiger partial charge on any atom is 0.264 e. The Balaban J connectivity index is 2.06. The van der Waals surface area contributed by atoms with Gasteiger partial charge in [0.15, 0.2) is 0 Å². The van der Waals surface area contributed by atoms with Crippen molar-refractivity contribution < 1.29 is 22.7 Å². The Morgan fingerprint density at radius 2 is 1.51 bits per heavy atom. The summed E-state index contributed by atoms with van der Waals surface area (Å²) in [5.74, 6) is -0.181. The Morgan fingerprint density at radius 1 is 0.902 bits per heavy atom. The molecule has 3 aromatic rings. The van der Waals surface area contributed by atoms with Gasteiger partial charge in [-0.25, -0.2) is 8.42 Å². The van der Waals surface area contributed by atoms with Crippen molar-refractivity contribution in [3.63, 3.8) is 0 Å². The summed E-state index contributed by atoms with van der Waals surface area (Å²) in [5, 5.41) is 2.93. The standard InChI is InChI=1S/C32H41N3O5S/c1-22-9-17-29(18-10-22)41(38,39)35(27-14-11-23(2)24(3)19-27)21-30(36)34(25(4)31(37)33-32(5,6)7)20-26-12-15-28(40-8)16-13-26/h9-19,25H,20-21H2,1-8H3,(H,33,37)/t25-/m1/s1. The molecule has 2 amide bonds. The van der Waals surface area contributed by atoms with Crippen molar-refractivity contribution in [2.24, 2.45) is 0 Å². The van der Waals surface area contributed by atoms with Crippen LogP contribution in [-0.2, 0) is 26.2 Å². The van der Waals surface area contributed by atoms with Gasteiger partial charge < -0.3 is 15.0 Å². The first-order chi connectivity index (χ1) is 19.1. The molecule has 0 aliphatic carbocycles. The van der Waals surface area contributed by atoms with Gasteiger partial charge in [0.25, 0.3) is 10.0 Å². The van der Waals surface area contributed by atoms with Crippen LogP contribution in [0.15, 0.2) is 71.6 Å². The molecule has 0 spiro atoms. The molecule has 8 nitrogen and oxygen atoms in total. The SMILES string of the molecule is COc1ccc(CN(C(=O)CN(c2ccc(C)c(C)c2)S(=O)(=O)c2ccc(C)cc2)[C@H](C)C(=O)NC(C)(C)C)cc1. The van der Waals surface area contributed by atoms with Crippen molar-refractivity contribution in [2.45, 2.75) is 71.5 Å². The molecule has 1 N–H and O–H groups in total. The maximum absolute atomic E-state index is 14.1. The molecule has 41 heavy (non-hydrogen) atoms. The van der Waals surface area contributed by atoms with Crippen molar-refractivity contribution in [3.8, 4) is 5.75 Å². The van der Waals surface area contributed by atoms with E-state index in [2.05, 4.69) is 5.32 Å². The summed E-state index contributed by atoms with van der Waals surface area (Å²) < 4.78 is 34.3. The summed E-state index contributed by atoms with van der Waals surface area (Å²) >= 11 is 0. The Labute approximate surface area is 244 Å². The predicted molar refractivity (Wildman–Crippen MR) is 163 cm³/mol. The molecular weight excluding hydrogens is 538 g/mol. The molecule has 0 unspecified atom stereocenters. The van der Waals surface area contributed by atoms with Gasteiger partial charge in [0, 0.05) is 12.1 Å². The molecule has 3 rings (SSSR count). The van der Waals surface area contributed by atoms with Crippen LogP contribution in [0.25, 0.3) is 0 Å². The van der Waals surface area contributed by atoms with E-state index in [4.69, 9.17) is 4.74 Å². The van der Waals surface area contributed by atoms with E-state index in [1.165, 1.54) is 17.0 Å². The minimum atomic E-state index is -4.12. The number of methoxy groups -OCH3 is 1. The molecule has 9 heteroatoms. The van der Waals surface area contributed by atoms with Crippen LogP contribution in [0.4, 0.5) is 5.69 Å². The fraction of sp³-hybridized carbons (Fsp3) is 0.375. The Kier molecular flexibility index (Phi) is 9.86. The highest BCUT2D eigenvalue weighted by atomic mass is 32.2. The highest BCUT2D eigenvalue weighted by Crippen LogP contribution is 2.27. The van der Waals surface area contributed by atoms with Crippen LogP contribution >= 0.6 is 0 Å². The van der Waals surface area contributed by atoms with Crippen molar-refractivity contribution >= 4 is 27.5 Å². The van der Waals surface area contributed by atoms with Crippen molar-refractivity contribution in [3.05, 3.63) is 89.0 Å². The first-order valence-electron chi connectivity index (χ1n) is 13.5. The lowest BCUT2D eigenvalue weighted by molar-refractivity contribution is -0.140. The topological polar surface area (TPSA) is 96.0 Å². The van der Waals surface area contributed by atoms with E-state index in [0.717, 1.165) is 26.6 Å². The fourth-order valence-electron chi connectivity index (χ4n) is 4.23. The van der Waals surface area contributed by atoms with Crippen LogP contribution < -0.4 is 14.4 Å². The Bertz CT molecular complexity index is 1480. The van der Waals surface area contributed by atoms with Gasteiger partial charge in [-0.2, -0.15) is 0 Å². The summed E-state index contributed by atoms with van der Waals surface area (Å²) in [6, 6.07) is 18.1. The maximum atomic E-state index is 14.1. The lowest BCUT2D eigenvalue weighted by atomic mass is 10.1. The minimum Gasteiger partial charge on any atom is -0.497 e. The molecule has 0 bridgehead atoms. The molecule has 0 radical (unpaired) electrons. The first-order valence-corrected chi connectivity index (χ1v) is 15.0. The zero-order chi connectivity index (χ0) is 30.5. The van der Waals surface area contributed by atoms with Crippen LogP contribution in [0, 0.1) is 20.8 Å². The Morgan fingerprint density at radius 3 is 2.05 bits per heavy atom. The van der Waals surface area contributed by atoms with E-state index in [9.17, 15) is 18.0 Å². The second kappa shape index (κ2) is 12.8. The molecule has 0 aromatic heterocycles. The lowest BCUT2D eigenvalue weighted by Gasteiger charge is -2.33. The van der Waals surface area contributed by atoms with E-state index in [1.54, 1.807) is 50.4 Å². The summed E-state index contributed by atoms with van der Waals surface area (Å²) in [7, 11) is -2.55. The number of hydrogen-bond acceptors (Lipinski definition) is 5. The summed E-state index contributed by atoms with van der Waals surface area (Å²) in [6.07, 6.45) is 0. The van der Waals surface area contributed by atoms with Gasteiger partial charge in [-0.05, 0) is 102 Å². The molecule has 0 fully saturated rings. The zero-order valence-corrected chi connectivity index (χ0v) is 26.0. The van der Waals surface area contributed by atoms with Crippen LogP contribution in [0.3, 0.4) is 0 Å². The van der Waals surface area contributed by atoms with Crippen LogP contribution in [0.5, 0.6) is 5.75 Å². The second-order valence-electron chi connectivity index (χ2n) is 11.4. The van der Waals surface area contributed by atoms with E-state index in [1.807, 2.05) is 59.7 Å². The van der Waals surface area contributed by atoms with Gasteiger partial charge >= 0.3 is 0 Å². The average Bonchev–Trinajstić information content (AvgIpc) is 2.91. The number of aryl methyl sites for hydroxylation is 3. The van der Waals surface area contributed by atoms with Crippen LogP contribution in [0.1, 0.15) is 49.9 Å². The number of nitrogens with one attached hydrogen (secondary N) is 1. The van der Waals surface area contributed by atoms with Gasteiger partial charge in [0.05, 0.1) is 17.7 Å². The third kappa shape index (κ3) is 8.10. The molecule has 0 aliphatic rings. The van der Waals surface area contributed by atoms with Gasteiger partial charge in [-0.15, -0.1) is 0 Å². The van der Waals surface area contributed by atoms with Crippen molar-refractivity contribution in [1.29, 1.82) is 0 Å². The number of carbonyl (C=O) groups excluding carboxylic acids is 2.